The van der Waals surface area contributed by atoms with Gasteiger partial charge in [0, 0.05) is 42.4 Å². The van der Waals surface area contributed by atoms with Gasteiger partial charge in [0.15, 0.2) is 15.4 Å². The lowest BCUT2D eigenvalue weighted by Gasteiger charge is -2.28. The highest BCUT2D eigenvalue weighted by Gasteiger charge is 2.39. The lowest BCUT2D eigenvalue weighted by atomic mass is 10.1. The fourth-order valence-corrected chi connectivity index (χ4v) is 5.23. The highest BCUT2D eigenvalue weighted by atomic mass is 32.2. The Labute approximate surface area is 185 Å². The maximum absolute atomic E-state index is 11.7. The van der Waals surface area contributed by atoms with E-state index in [1.165, 1.54) is 6.26 Å². The van der Waals surface area contributed by atoms with Gasteiger partial charge in [-0.15, -0.1) is 0 Å². The minimum absolute atomic E-state index is 0.279. The van der Waals surface area contributed by atoms with Crippen molar-refractivity contribution in [1.82, 2.24) is 9.97 Å². The lowest BCUT2D eigenvalue weighted by molar-refractivity contribution is 0.0989. The van der Waals surface area contributed by atoms with E-state index in [0.29, 0.717) is 23.5 Å². The molecule has 162 valence electrons. The number of anilines is 1. The number of sulfone groups is 1. The molecule has 6 rings (SSSR count). The molecule has 2 atom stereocenters. The quantitative estimate of drug-likeness (QED) is 0.468. The highest BCUT2D eigenvalue weighted by Crippen LogP contribution is 2.36. The lowest BCUT2D eigenvalue weighted by Crippen LogP contribution is -2.37. The number of nitrogens with zero attached hydrogens (tertiary/aromatic N) is 3. The SMILES string of the molecule is CS(=O)(=O)c1ccc(-c2cc3nccc(-c4ccnc(N5C[C@H]6C[C@@H]5CO6)c4)c3o2)cc1. The number of morpholine rings is 1. The van der Waals surface area contributed by atoms with Gasteiger partial charge in [-0.3, -0.25) is 4.98 Å². The Morgan fingerprint density at radius 3 is 2.53 bits per heavy atom. The van der Waals surface area contributed by atoms with Crippen molar-refractivity contribution in [3.63, 3.8) is 0 Å². The summed E-state index contributed by atoms with van der Waals surface area (Å²) in [6, 6.07) is 15.0. The summed E-state index contributed by atoms with van der Waals surface area (Å²) < 4.78 is 35.4. The van der Waals surface area contributed by atoms with E-state index >= 15 is 0 Å². The number of aromatic nitrogens is 2. The van der Waals surface area contributed by atoms with Crippen LogP contribution in [0.3, 0.4) is 0 Å². The Hall–Kier alpha value is -3.23. The molecule has 0 amide bonds. The first kappa shape index (κ1) is 19.5. The van der Waals surface area contributed by atoms with Crippen LogP contribution < -0.4 is 4.90 Å². The molecular formula is C24H21N3O4S. The molecule has 2 saturated heterocycles. The van der Waals surface area contributed by atoms with Gasteiger partial charge in [-0.2, -0.15) is 0 Å². The largest absolute Gasteiger partial charge is 0.454 e. The highest BCUT2D eigenvalue weighted by molar-refractivity contribution is 7.90. The van der Waals surface area contributed by atoms with Crippen molar-refractivity contribution in [1.29, 1.82) is 0 Å². The second-order valence-corrected chi connectivity index (χ2v) is 10.4. The first-order valence-corrected chi connectivity index (χ1v) is 12.4. The summed E-state index contributed by atoms with van der Waals surface area (Å²) in [6.45, 7) is 1.64. The Morgan fingerprint density at radius 2 is 1.81 bits per heavy atom. The molecule has 4 aromatic rings. The van der Waals surface area contributed by atoms with E-state index in [1.807, 2.05) is 24.4 Å². The second-order valence-electron chi connectivity index (χ2n) is 8.38. The maximum Gasteiger partial charge on any atom is 0.175 e. The van der Waals surface area contributed by atoms with Crippen LogP contribution in [0.1, 0.15) is 6.42 Å². The molecule has 2 bridgehead atoms. The monoisotopic (exact) mass is 447 g/mol. The number of furan rings is 1. The van der Waals surface area contributed by atoms with Gasteiger partial charge in [0.25, 0.3) is 0 Å². The average molecular weight is 448 g/mol. The van der Waals surface area contributed by atoms with Gasteiger partial charge < -0.3 is 14.1 Å². The standard InChI is InChI=1S/C24H21N3O4S/c1-32(28,29)19-4-2-15(3-5-19)22-12-21-24(31-22)20(7-9-25-21)16-6-8-26-23(10-16)27-13-18-11-17(27)14-30-18/h2-10,12,17-18H,11,13-14H2,1H3/t17-,18-/m1/s1. The Morgan fingerprint density at radius 1 is 1.00 bits per heavy atom. The minimum atomic E-state index is -3.24. The molecule has 0 unspecified atom stereocenters. The zero-order valence-electron chi connectivity index (χ0n) is 17.4. The van der Waals surface area contributed by atoms with Crippen LogP contribution >= 0.6 is 0 Å². The first-order valence-electron chi connectivity index (χ1n) is 10.5. The van der Waals surface area contributed by atoms with Crippen LogP contribution in [0.4, 0.5) is 5.82 Å². The van der Waals surface area contributed by atoms with E-state index in [1.54, 1.807) is 30.5 Å². The summed E-state index contributed by atoms with van der Waals surface area (Å²) in [7, 11) is -3.24. The van der Waals surface area contributed by atoms with Crippen LogP contribution in [0.5, 0.6) is 0 Å². The van der Waals surface area contributed by atoms with E-state index in [4.69, 9.17) is 9.15 Å². The molecule has 7 nitrogen and oxygen atoms in total. The van der Waals surface area contributed by atoms with E-state index in [2.05, 4.69) is 20.9 Å². The van der Waals surface area contributed by atoms with E-state index in [-0.39, 0.29) is 4.90 Å². The van der Waals surface area contributed by atoms with Crippen LogP contribution in [0.2, 0.25) is 0 Å². The zero-order chi connectivity index (χ0) is 21.9. The van der Waals surface area contributed by atoms with Crippen molar-refractivity contribution in [2.45, 2.75) is 23.5 Å². The molecule has 2 aliphatic heterocycles. The smallest absolute Gasteiger partial charge is 0.175 e. The predicted molar refractivity (Wildman–Crippen MR) is 121 cm³/mol. The van der Waals surface area contributed by atoms with Crippen LogP contribution in [0, 0.1) is 0 Å². The van der Waals surface area contributed by atoms with E-state index in [9.17, 15) is 8.42 Å². The van der Waals surface area contributed by atoms with Gasteiger partial charge in [-0.25, -0.2) is 13.4 Å². The molecule has 0 aliphatic carbocycles. The molecule has 8 heteroatoms. The summed E-state index contributed by atoms with van der Waals surface area (Å²) >= 11 is 0. The van der Waals surface area contributed by atoms with Gasteiger partial charge >= 0.3 is 0 Å². The van der Waals surface area contributed by atoms with Gasteiger partial charge in [-0.1, -0.05) is 0 Å². The van der Waals surface area contributed by atoms with Gasteiger partial charge in [0.2, 0.25) is 0 Å². The molecule has 1 aromatic carbocycles. The maximum atomic E-state index is 11.7. The second kappa shape index (κ2) is 7.15. The Bertz CT molecular complexity index is 1430. The number of fused-ring (bicyclic) bond motifs is 3. The minimum Gasteiger partial charge on any atom is -0.454 e. The fraction of sp³-hybridized carbons (Fsp3) is 0.250. The molecule has 0 N–H and O–H groups in total. The normalized spacial score (nSPS) is 20.3. The number of rotatable bonds is 4. The molecule has 0 radical (unpaired) electrons. The molecule has 0 spiro atoms. The molecule has 2 aliphatic rings. The number of ether oxygens (including phenoxy) is 1. The number of benzene rings is 1. The van der Waals surface area contributed by atoms with Gasteiger partial charge in [0.05, 0.1) is 23.6 Å². The predicted octanol–water partition coefficient (Wildman–Crippen LogP) is 3.94. The third-order valence-electron chi connectivity index (χ3n) is 6.23. The van der Waals surface area contributed by atoms with E-state index in [0.717, 1.165) is 47.6 Å². The van der Waals surface area contributed by atoms with Crippen LogP contribution in [-0.2, 0) is 14.6 Å². The molecule has 0 saturated carbocycles. The van der Waals surface area contributed by atoms with Gasteiger partial charge in [-0.05, 0) is 54.4 Å². The summed E-state index contributed by atoms with van der Waals surface area (Å²) in [6.07, 6.45) is 6.17. The molecule has 2 fully saturated rings. The van der Waals surface area contributed by atoms with Crippen molar-refractivity contribution in [2.75, 3.05) is 24.3 Å². The van der Waals surface area contributed by atoms with Crippen LogP contribution in [-0.4, -0.2) is 49.9 Å². The number of hydrogen-bond acceptors (Lipinski definition) is 7. The van der Waals surface area contributed by atoms with Gasteiger partial charge in [0.1, 0.15) is 17.1 Å². The van der Waals surface area contributed by atoms with Crippen molar-refractivity contribution in [2.24, 2.45) is 0 Å². The van der Waals surface area contributed by atoms with Crippen molar-refractivity contribution < 1.29 is 17.6 Å². The topological polar surface area (TPSA) is 85.5 Å². The fourth-order valence-electron chi connectivity index (χ4n) is 4.60. The molecular weight excluding hydrogens is 426 g/mol. The van der Waals surface area contributed by atoms with Crippen molar-refractivity contribution in [3.05, 3.63) is 60.9 Å². The summed E-state index contributed by atoms with van der Waals surface area (Å²) in [5.74, 6) is 1.59. The number of hydrogen-bond donors (Lipinski definition) is 0. The summed E-state index contributed by atoms with van der Waals surface area (Å²) in [5.41, 5.74) is 4.19. The van der Waals surface area contributed by atoms with Crippen molar-refractivity contribution >= 4 is 26.8 Å². The Kier molecular flexibility index (Phi) is 4.34. The third kappa shape index (κ3) is 3.27. The van der Waals surface area contributed by atoms with E-state index < -0.39 is 9.84 Å². The molecule has 3 aromatic heterocycles. The summed E-state index contributed by atoms with van der Waals surface area (Å²) in [4.78, 5) is 11.7. The third-order valence-corrected chi connectivity index (χ3v) is 7.36. The Balaban J connectivity index is 1.38. The van der Waals surface area contributed by atoms with Crippen LogP contribution in [0.25, 0.3) is 33.6 Å². The van der Waals surface area contributed by atoms with Crippen LogP contribution in [0.15, 0.2) is 70.2 Å². The average Bonchev–Trinajstić information content (AvgIpc) is 3.54. The molecule has 32 heavy (non-hydrogen) atoms. The zero-order valence-corrected chi connectivity index (χ0v) is 18.2. The number of pyridine rings is 2. The summed E-state index contributed by atoms with van der Waals surface area (Å²) in [5, 5.41) is 0. The first-order chi connectivity index (χ1) is 15.5. The molecule has 5 heterocycles. The van der Waals surface area contributed by atoms with Crippen molar-refractivity contribution in [3.8, 4) is 22.5 Å².